The second-order valence-corrected chi connectivity index (χ2v) is 4.14. The summed E-state index contributed by atoms with van der Waals surface area (Å²) in [4.78, 5) is 21.9. The van der Waals surface area contributed by atoms with Gasteiger partial charge in [0.15, 0.2) is 0 Å². The molecule has 0 bridgehead atoms. The molecule has 0 spiro atoms. The van der Waals surface area contributed by atoms with Crippen LogP contribution in [-0.2, 0) is 9.59 Å². The van der Waals surface area contributed by atoms with Crippen LogP contribution in [0.4, 0.5) is 0 Å². The largest absolute Gasteiger partial charge is 0.396 e. The molecule has 2 amide bonds. The lowest BCUT2D eigenvalue weighted by Gasteiger charge is -2.25. The van der Waals surface area contributed by atoms with Gasteiger partial charge in [-0.3, -0.25) is 9.59 Å². The van der Waals surface area contributed by atoms with E-state index in [0.29, 0.717) is 13.0 Å². The van der Waals surface area contributed by atoms with E-state index >= 15 is 0 Å². The molecular weight excluding hydrogens is 196 g/mol. The summed E-state index contributed by atoms with van der Waals surface area (Å²) in [6.45, 7) is 5.49. The van der Waals surface area contributed by atoms with Gasteiger partial charge in [-0.25, -0.2) is 0 Å². The van der Waals surface area contributed by atoms with Crippen LogP contribution >= 0.6 is 0 Å². The van der Waals surface area contributed by atoms with Gasteiger partial charge in [0, 0.05) is 32.0 Å². The molecule has 0 saturated carbocycles. The van der Waals surface area contributed by atoms with Gasteiger partial charge in [0.25, 0.3) is 0 Å². The first-order valence-electron chi connectivity index (χ1n) is 5.04. The van der Waals surface area contributed by atoms with Gasteiger partial charge in [-0.05, 0) is 20.3 Å². The Kier molecular flexibility index (Phi) is 5.93. The quantitative estimate of drug-likeness (QED) is 0.575. The fraction of sp³-hybridized carbons (Fsp3) is 0.800. The van der Waals surface area contributed by atoms with Gasteiger partial charge >= 0.3 is 0 Å². The standard InChI is InChI=1S/C10H20N2O3/c1-8(14)11-6-4-9(15)12-10(2,3)5-7-13/h13H,4-7H2,1-3H3,(H,11,14)(H,12,15). The molecule has 0 radical (unpaired) electrons. The molecule has 0 aromatic carbocycles. The summed E-state index contributed by atoms with van der Waals surface area (Å²) < 4.78 is 0. The lowest BCUT2D eigenvalue weighted by molar-refractivity contribution is -0.123. The van der Waals surface area contributed by atoms with Gasteiger partial charge in [-0.1, -0.05) is 0 Å². The van der Waals surface area contributed by atoms with E-state index < -0.39 is 5.54 Å². The van der Waals surface area contributed by atoms with E-state index in [1.54, 1.807) is 0 Å². The van der Waals surface area contributed by atoms with Crippen LogP contribution in [0.25, 0.3) is 0 Å². The predicted molar refractivity (Wildman–Crippen MR) is 57.2 cm³/mol. The molecule has 5 heteroatoms. The molecule has 0 heterocycles. The van der Waals surface area contributed by atoms with E-state index in [-0.39, 0.29) is 24.8 Å². The Labute approximate surface area is 90.2 Å². The molecule has 15 heavy (non-hydrogen) atoms. The average Bonchev–Trinajstić information content (AvgIpc) is 2.01. The molecule has 0 unspecified atom stereocenters. The third-order valence-electron chi connectivity index (χ3n) is 1.94. The Bertz CT molecular complexity index is 227. The summed E-state index contributed by atoms with van der Waals surface area (Å²) in [6, 6.07) is 0. The van der Waals surface area contributed by atoms with Crippen LogP contribution < -0.4 is 10.6 Å². The maximum Gasteiger partial charge on any atom is 0.222 e. The van der Waals surface area contributed by atoms with Gasteiger partial charge in [0.05, 0.1) is 0 Å². The second-order valence-electron chi connectivity index (χ2n) is 4.14. The van der Waals surface area contributed by atoms with Gasteiger partial charge in [0.1, 0.15) is 0 Å². The number of aliphatic hydroxyl groups excluding tert-OH is 1. The minimum Gasteiger partial charge on any atom is -0.396 e. The highest BCUT2D eigenvalue weighted by Gasteiger charge is 2.19. The number of aliphatic hydroxyl groups is 1. The average molecular weight is 216 g/mol. The van der Waals surface area contributed by atoms with Crippen molar-refractivity contribution in [2.24, 2.45) is 0 Å². The summed E-state index contributed by atoms with van der Waals surface area (Å²) in [6.07, 6.45) is 0.771. The number of amides is 2. The third-order valence-corrected chi connectivity index (χ3v) is 1.94. The van der Waals surface area contributed by atoms with Crippen LogP contribution in [0.3, 0.4) is 0 Å². The first-order chi connectivity index (χ1) is 6.87. The van der Waals surface area contributed by atoms with Crippen molar-refractivity contribution in [3.05, 3.63) is 0 Å². The highest BCUT2D eigenvalue weighted by Crippen LogP contribution is 2.06. The first kappa shape index (κ1) is 13.9. The van der Waals surface area contributed by atoms with Crippen LogP contribution in [0.15, 0.2) is 0 Å². The zero-order valence-electron chi connectivity index (χ0n) is 9.59. The molecule has 88 valence electrons. The Morgan fingerprint density at radius 2 is 1.93 bits per heavy atom. The maximum atomic E-state index is 11.4. The molecule has 3 N–H and O–H groups in total. The number of carbonyl (C=O) groups excluding carboxylic acids is 2. The van der Waals surface area contributed by atoms with E-state index in [4.69, 9.17) is 5.11 Å². The minimum atomic E-state index is -0.401. The highest BCUT2D eigenvalue weighted by atomic mass is 16.3. The molecule has 0 rings (SSSR count). The number of rotatable bonds is 6. The number of nitrogens with one attached hydrogen (secondary N) is 2. The molecule has 0 saturated heterocycles. The van der Waals surface area contributed by atoms with Crippen molar-refractivity contribution >= 4 is 11.8 Å². The van der Waals surface area contributed by atoms with Crippen LogP contribution in [0, 0.1) is 0 Å². The van der Waals surface area contributed by atoms with Crippen LogP contribution in [-0.4, -0.2) is 35.6 Å². The van der Waals surface area contributed by atoms with E-state index in [0.717, 1.165) is 0 Å². The summed E-state index contributed by atoms with van der Waals surface area (Å²) in [5, 5.41) is 14.1. The van der Waals surface area contributed by atoms with Gasteiger partial charge < -0.3 is 15.7 Å². The van der Waals surface area contributed by atoms with Crippen molar-refractivity contribution in [3.63, 3.8) is 0 Å². The summed E-state index contributed by atoms with van der Waals surface area (Å²) in [7, 11) is 0. The van der Waals surface area contributed by atoms with E-state index in [1.165, 1.54) is 6.92 Å². The summed E-state index contributed by atoms with van der Waals surface area (Å²) in [5.41, 5.74) is -0.401. The molecule has 0 fully saturated rings. The number of hydrogen-bond acceptors (Lipinski definition) is 3. The molecular formula is C10H20N2O3. The van der Waals surface area contributed by atoms with Gasteiger partial charge in [-0.15, -0.1) is 0 Å². The van der Waals surface area contributed by atoms with Crippen molar-refractivity contribution in [2.45, 2.75) is 39.2 Å². The van der Waals surface area contributed by atoms with E-state index in [9.17, 15) is 9.59 Å². The molecule has 0 aromatic heterocycles. The highest BCUT2D eigenvalue weighted by molar-refractivity contribution is 5.78. The van der Waals surface area contributed by atoms with Crippen LogP contribution in [0.5, 0.6) is 0 Å². The number of carbonyl (C=O) groups is 2. The lowest BCUT2D eigenvalue weighted by Crippen LogP contribution is -2.44. The van der Waals surface area contributed by atoms with Crippen molar-refractivity contribution in [2.75, 3.05) is 13.2 Å². The summed E-state index contributed by atoms with van der Waals surface area (Å²) in [5.74, 6) is -0.264. The maximum absolute atomic E-state index is 11.4. The van der Waals surface area contributed by atoms with Crippen molar-refractivity contribution in [3.8, 4) is 0 Å². The molecule has 0 aliphatic carbocycles. The van der Waals surface area contributed by atoms with Crippen molar-refractivity contribution in [1.82, 2.24) is 10.6 Å². The predicted octanol–water partition coefficient (Wildman–Crippen LogP) is -0.210. The molecule has 0 atom stereocenters. The topological polar surface area (TPSA) is 78.4 Å². The Balaban J connectivity index is 3.77. The van der Waals surface area contributed by atoms with E-state index in [2.05, 4.69) is 10.6 Å². The van der Waals surface area contributed by atoms with Gasteiger partial charge in [0.2, 0.25) is 11.8 Å². The minimum absolute atomic E-state index is 0.0407. The normalized spacial score (nSPS) is 10.9. The van der Waals surface area contributed by atoms with Gasteiger partial charge in [-0.2, -0.15) is 0 Å². The van der Waals surface area contributed by atoms with E-state index in [1.807, 2.05) is 13.8 Å². The zero-order valence-corrected chi connectivity index (χ0v) is 9.59. The Morgan fingerprint density at radius 1 is 1.33 bits per heavy atom. The molecule has 0 aliphatic heterocycles. The Morgan fingerprint density at radius 3 is 2.40 bits per heavy atom. The third kappa shape index (κ3) is 7.93. The van der Waals surface area contributed by atoms with Crippen LogP contribution in [0.2, 0.25) is 0 Å². The monoisotopic (exact) mass is 216 g/mol. The van der Waals surface area contributed by atoms with Crippen molar-refractivity contribution in [1.29, 1.82) is 0 Å². The Hall–Kier alpha value is -1.10. The fourth-order valence-corrected chi connectivity index (χ4v) is 1.13. The van der Waals surface area contributed by atoms with Crippen LogP contribution in [0.1, 0.15) is 33.6 Å². The zero-order chi connectivity index (χ0) is 11.9. The second kappa shape index (κ2) is 6.40. The number of hydrogen-bond donors (Lipinski definition) is 3. The van der Waals surface area contributed by atoms with Crippen molar-refractivity contribution < 1.29 is 14.7 Å². The summed E-state index contributed by atoms with van der Waals surface area (Å²) >= 11 is 0. The smallest absolute Gasteiger partial charge is 0.222 e. The SMILES string of the molecule is CC(=O)NCCC(=O)NC(C)(C)CCO. The molecule has 0 aromatic rings. The fourth-order valence-electron chi connectivity index (χ4n) is 1.13. The molecule has 5 nitrogen and oxygen atoms in total. The molecule has 0 aliphatic rings. The lowest BCUT2D eigenvalue weighted by atomic mass is 10.0. The first-order valence-corrected chi connectivity index (χ1v) is 5.04.